The van der Waals surface area contributed by atoms with E-state index in [1.54, 1.807) is 0 Å². The molecule has 29 heavy (non-hydrogen) atoms. The monoisotopic (exact) mass is 412 g/mol. The second-order valence-corrected chi connectivity index (χ2v) is 8.58. The van der Waals surface area contributed by atoms with Crippen LogP contribution in [-0.4, -0.2) is 46.5 Å². The molecule has 3 aromatic heterocycles. The van der Waals surface area contributed by atoms with Crippen LogP contribution in [0, 0.1) is 13.8 Å². The lowest BCUT2D eigenvalue weighted by atomic mass is 10.1. The molecule has 3 aromatic rings. The van der Waals surface area contributed by atoms with Crippen molar-refractivity contribution in [1.82, 2.24) is 19.8 Å². The SMILES string of the molecule is CCCN(CCC)CCCNC(=O)c1sc2nc(C)cc(C)c2c1-n1cccc1. The third kappa shape index (κ3) is 5.06. The van der Waals surface area contributed by atoms with Crippen LogP contribution in [0.4, 0.5) is 0 Å². The van der Waals surface area contributed by atoms with Gasteiger partial charge >= 0.3 is 0 Å². The number of carbonyl (C=O) groups is 1. The molecule has 0 aliphatic heterocycles. The molecule has 0 atom stereocenters. The molecule has 0 aromatic carbocycles. The number of hydrogen-bond acceptors (Lipinski definition) is 4. The molecule has 6 heteroatoms. The summed E-state index contributed by atoms with van der Waals surface area (Å²) in [5.74, 6) is -0.00807. The van der Waals surface area contributed by atoms with Gasteiger partial charge < -0.3 is 14.8 Å². The largest absolute Gasteiger partial charge is 0.351 e. The van der Waals surface area contributed by atoms with Crippen molar-refractivity contribution in [3.63, 3.8) is 0 Å². The minimum Gasteiger partial charge on any atom is -0.351 e. The van der Waals surface area contributed by atoms with E-state index in [4.69, 9.17) is 0 Å². The van der Waals surface area contributed by atoms with Gasteiger partial charge in [0.1, 0.15) is 9.71 Å². The molecule has 1 N–H and O–H groups in total. The second kappa shape index (κ2) is 10.0. The van der Waals surface area contributed by atoms with Gasteiger partial charge in [-0.3, -0.25) is 4.79 Å². The topological polar surface area (TPSA) is 50.2 Å². The summed E-state index contributed by atoms with van der Waals surface area (Å²) in [6.07, 6.45) is 7.28. The molecule has 156 valence electrons. The fourth-order valence-corrected chi connectivity index (χ4v) is 5.07. The van der Waals surface area contributed by atoms with Crippen LogP contribution >= 0.6 is 11.3 Å². The molecule has 5 nitrogen and oxygen atoms in total. The molecule has 0 aliphatic rings. The van der Waals surface area contributed by atoms with Crippen LogP contribution in [0.5, 0.6) is 0 Å². The molecule has 0 saturated heterocycles. The van der Waals surface area contributed by atoms with Gasteiger partial charge in [0, 0.05) is 30.0 Å². The van der Waals surface area contributed by atoms with E-state index in [0.29, 0.717) is 6.54 Å². The van der Waals surface area contributed by atoms with E-state index in [0.717, 1.165) is 58.1 Å². The molecular formula is C23H32N4OS. The maximum atomic E-state index is 13.1. The first kappa shape index (κ1) is 21.5. The molecular weight excluding hydrogens is 380 g/mol. The Kier molecular flexibility index (Phi) is 7.45. The van der Waals surface area contributed by atoms with Crippen molar-refractivity contribution in [2.24, 2.45) is 0 Å². The van der Waals surface area contributed by atoms with E-state index in [9.17, 15) is 4.79 Å². The smallest absolute Gasteiger partial charge is 0.263 e. The van der Waals surface area contributed by atoms with Crippen LogP contribution < -0.4 is 5.32 Å². The zero-order chi connectivity index (χ0) is 20.8. The molecule has 0 saturated carbocycles. The van der Waals surface area contributed by atoms with Crippen molar-refractivity contribution in [2.75, 3.05) is 26.2 Å². The average molecular weight is 413 g/mol. The zero-order valence-electron chi connectivity index (χ0n) is 18.0. The van der Waals surface area contributed by atoms with Crippen LogP contribution in [0.25, 0.3) is 15.9 Å². The predicted molar refractivity (Wildman–Crippen MR) is 122 cm³/mol. The second-order valence-electron chi connectivity index (χ2n) is 7.58. The van der Waals surface area contributed by atoms with Gasteiger partial charge in [0.25, 0.3) is 5.91 Å². The maximum absolute atomic E-state index is 13.1. The van der Waals surface area contributed by atoms with Crippen molar-refractivity contribution < 1.29 is 4.79 Å². The molecule has 0 fully saturated rings. The fourth-order valence-electron chi connectivity index (χ4n) is 3.86. The molecule has 0 bridgehead atoms. The highest BCUT2D eigenvalue weighted by molar-refractivity contribution is 7.21. The number of fused-ring (bicyclic) bond motifs is 1. The van der Waals surface area contributed by atoms with Crippen molar-refractivity contribution in [2.45, 2.75) is 47.0 Å². The lowest BCUT2D eigenvalue weighted by Gasteiger charge is -2.20. The first-order chi connectivity index (χ1) is 14.0. The van der Waals surface area contributed by atoms with Crippen molar-refractivity contribution in [3.8, 4) is 5.69 Å². The number of nitrogens with one attached hydrogen (secondary N) is 1. The zero-order valence-corrected chi connectivity index (χ0v) is 18.8. The van der Waals surface area contributed by atoms with Crippen molar-refractivity contribution in [1.29, 1.82) is 0 Å². The number of thiophene rings is 1. The molecule has 0 radical (unpaired) electrons. The molecule has 1 amide bonds. The maximum Gasteiger partial charge on any atom is 0.263 e. The minimum atomic E-state index is -0.00807. The molecule has 0 aliphatic carbocycles. The van der Waals surface area contributed by atoms with Gasteiger partial charge in [-0.25, -0.2) is 4.98 Å². The lowest BCUT2D eigenvalue weighted by molar-refractivity contribution is 0.0955. The first-order valence-electron chi connectivity index (χ1n) is 10.6. The average Bonchev–Trinajstić information content (AvgIpc) is 3.32. The third-order valence-electron chi connectivity index (χ3n) is 5.05. The first-order valence-corrected chi connectivity index (χ1v) is 11.4. The Balaban J connectivity index is 1.77. The summed E-state index contributed by atoms with van der Waals surface area (Å²) in [6, 6.07) is 6.05. The van der Waals surface area contributed by atoms with Crippen LogP contribution in [0.1, 0.15) is 54.0 Å². The standard InChI is InChI=1S/C23H32N4OS/c1-5-11-26(12-6-2)13-9-10-24-22(28)21-20(27-14-7-8-15-27)19-17(3)16-18(4)25-23(19)29-21/h7-8,14-16H,5-6,9-13H2,1-4H3,(H,24,28). The van der Waals surface area contributed by atoms with Gasteiger partial charge in [-0.1, -0.05) is 13.8 Å². The van der Waals surface area contributed by atoms with Gasteiger partial charge in [0.15, 0.2) is 0 Å². The van der Waals surface area contributed by atoms with Crippen molar-refractivity contribution in [3.05, 3.63) is 46.7 Å². The van der Waals surface area contributed by atoms with Crippen LogP contribution in [0.3, 0.4) is 0 Å². The summed E-state index contributed by atoms with van der Waals surface area (Å²) in [4.78, 5) is 21.9. The van der Waals surface area contributed by atoms with E-state index in [2.05, 4.69) is 42.0 Å². The number of rotatable bonds is 10. The Morgan fingerprint density at radius 2 is 1.83 bits per heavy atom. The summed E-state index contributed by atoms with van der Waals surface area (Å²) in [5.41, 5.74) is 3.08. The quantitative estimate of drug-likeness (QED) is 0.480. The number of carbonyl (C=O) groups excluding carboxylic acids is 1. The van der Waals surface area contributed by atoms with Gasteiger partial charge in [-0.2, -0.15) is 0 Å². The van der Waals surface area contributed by atoms with Gasteiger partial charge in [0.05, 0.1) is 5.69 Å². The van der Waals surface area contributed by atoms with Gasteiger partial charge in [0.2, 0.25) is 0 Å². The Labute approximate surface area is 177 Å². The van der Waals surface area contributed by atoms with Crippen molar-refractivity contribution >= 4 is 27.5 Å². The molecule has 0 unspecified atom stereocenters. The number of pyridine rings is 1. The highest BCUT2D eigenvalue weighted by Crippen LogP contribution is 2.35. The Bertz CT molecular complexity index is 940. The number of hydrogen-bond donors (Lipinski definition) is 1. The summed E-state index contributed by atoms with van der Waals surface area (Å²) in [7, 11) is 0. The number of amides is 1. The molecule has 3 heterocycles. The van der Waals surface area contributed by atoms with E-state index in [-0.39, 0.29) is 5.91 Å². The lowest BCUT2D eigenvalue weighted by Crippen LogP contribution is -2.31. The number of aromatic nitrogens is 2. The Morgan fingerprint density at radius 3 is 2.48 bits per heavy atom. The van der Waals surface area contributed by atoms with Gasteiger partial charge in [-0.15, -0.1) is 11.3 Å². The summed E-state index contributed by atoms with van der Waals surface area (Å²) < 4.78 is 2.03. The predicted octanol–water partition coefficient (Wildman–Crippen LogP) is 4.95. The van der Waals surface area contributed by atoms with E-state index in [1.807, 2.05) is 36.0 Å². The van der Waals surface area contributed by atoms with Crippen LogP contribution in [0.15, 0.2) is 30.6 Å². The van der Waals surface area contributed by atoms with Crippen LogP contribution in [-0.2, 0) is 0 Å². The van der Waals surface area contributed by atoms with E-state index >= 15 is 0 Å². The Morgan fingerprint density at radius 1 is 1.14 bits per heavy atom. The number of nitrogens with zero attached hydrogens (tertiary/aromatic N) is 3. The fraction of sp³-hybridized carbons (Fsp3) is 0.478. The normalized spacial score (nSPS) is 11.5. The minimum absolute atomic E-state index is 0.00807. The number of aryl methyl sites for hydroxylation is 2. The highest BCUT2D eigenvalue weighted by Gasteiger charge is 2.22. The van der Waals surface area contributed by atoms with E-state index < -0.39 is 0 Å². The van der Waals surface area contributed by atoms with Gasteiger partial charge in [-0.05, 0) is 76.5 Å². The molecule has 3 rings (SSSR count). The molecule has 0 spiro atoms. The third-order valence-corrected chi connectivity index (χ3v) is 6.12. The summed E-state index contributed by atoms with van der Waals surface area (Å²) in [6.45, 7) is 12.5. The highest BCUT2D eigenvalue weighted by atomic mass is 32.1. The van der Waals surface area contributed by atoms with E-state index in [1.165, 1.54) is 24.2 Å². The summed E-state index contributed by atoms with van der Waals surface area (Å²) >= 11 is 1.48. The summed E-state index contributed by atoms with van der Waals surface area (Å²) in [5, 5.41) is 4.21. The Hall–Kier alpha value is -2.18. The van der Waals surface area contributed by atoms with Crippen LogP contribution in [0.2, 0.25) is 0 Å².